The van der Waals surface area contributed by atoms with Gasteiger partial charge in [0.15, 0.2) is 11.5 Å². The first kappa shape index (κ1) is 26.9. The number of ether oxygens (including phenoxy) is 3. The second-order valence-corrected chi connectivity index (χ2v) is 9.54. The second kappa shape index (κ2) is 11.4. The number of hydrogen-bond acceptors (Lipinski definition) is 7. The number of rotatable bonds is 8. The van der Waals surface area contributed by atoms with Crippen molar-refractivity contribution >= 4 is 50.7 Å². The van der Waals surface area contributed by atoms with Gasteiger partial charge in [-0.15, -0.1) is 0 Å². The van der Waals surface area contributed by atoms with Crippen LogP contribution in [0.5, 0.6) is 17.2 Å². The van der Waals surface area contributed by atoms with Crippen molar-refractivity contribution in [1.82, 2.24) is 10.9 Å². The summed E-state index contributed by atoms with van der Waals surface area (Å²) >= 11 is 11.9. The summed E-state index contributed by atoms with van der Waals surface area (Å²) in [7, 11) is 0.0225. The number of benzene rings is 3. The Balaban J connectivity index is 1.78. The number of hydrogen-bond donors (Lipinski definition) is 3. The summed E-state index contributed by atoms with van der Waals surface area (Å²) in [4.78, 5) is 25.0. The molecule has 190 valence electrons. The smallest absolute Gasteiger partial charge is 0.273 e. The van der Waals surface area contributed by atoms with Gasteiger partial charge in [-0.05, 0) is 54.6 Å². The van der Waals surface area contributed by atoms with Gasteiger partial charge in [-0.25, -0.2) is 8.42 Å². The Morgan fingerprint density at radius 1 is 0.778 bits per heavy atom. The van der Waals surface area contributed by atoms with Crippen LogP contribution >= 0.6 is 23.2 Å². The zero-order valence-electron chi connectivity index (χ0n) is 19.2. The molecule has 0 spiro atoms. The third-order valence-electron chi connectivity index (χ3n) is 4.82. The van der Waals surface area contributed by atoms with Crippen LogP contribution < -0.4 is 29.8 Å². The maximum Gasteiger partial charge on any atom is 0.273 e. The van der Waals surface area contributed by atoms with Gasteiger partial charge in [0, 0.05) is 16.3 Å². The van der Waals surface area contributed by atoms with Crippen LogP contribution in [-0.4, -0.2) is 41.6 Å². The molecule has 0 aliphatic carbocycles. The molecule has 3 aromatic rings. The first-order valence-corrected chi connectivity index (χ1v) is 12.3. The molecule has 0 unspecified atom stereocenters. The van der Waals surface area contributed by atoms with Crippen molar-refractivity contribution in [2.24, 2.45) is 0 Å². The summed E-state index contributed by atoms with van der Waals surface area (Å²) in [6.45, 7) is 0. The number of halogens is 2. The maximum atomic E-state index is 12.9. The number of sulfonamides is 1. The lowest BCUT2D eigenvalue weighted by Crippen LogP contribution is -2.41. The number of carbonyl (C=O) groups is 2. The maximum absolute atomic E-state index is 12.9. The molecule has 0 fully saturated rings. The number of hydrazine groups is 1. The molecule has 3 rings (SSSR count). The average molecular weight is 554 g/mol. The molecule has 3 N–H and O–H groups in total. The summed E-state index contributed by atoms with van der Waals surface area (Å²) in [5.41, 5.74) is 4.72. The zero-order chi connectivity index (χ0) is 26.5. The first-order chi connectivity index (χ1) is 17.1. The number of carbonyl (C=O) groups excluding carboxylic acids is 2. The van der Waals surface area contributed by atoms with E-state index in [0.717, 1.165) is 6.07 Å². The van der Waals surface area contributed by atoms with E-state index in [-0.39, 0.29) is 38.2 Å². The van der Waals surface area contributed by atoms with Crippen LogP contribution in [0.2, 0.25) is 10.0 Å². The molecule has 3 aromatic carbocycles. The van der Waals surface area contributed by atoms with Crippen LogP contribution in [0.1, 0.15) is 20.7 Å². The Labute approximate surface area is 217 Å². The standard InChI is InChI=1S/C23H21Cl2N3O7S/c1-33-18-11-9-16(20(34-2)21(18)35-3)23(30)27-26-22(29)13-4-10-17(25)19(12-13)36(31,32)28-15-7-5-14(24)6-8-15/h4-12,28H,1-3H3,(H,26,29)(H,27,30). The van der Waals surface area contributed by atoms with Crippen LogP contribution in [0, 0.1) is 0 Å². The Bertz CT molecular complexity index is 1400. The van der Waals surface area contributed by atoms with E-state index >= 15 is 0 Å². The largest absolute Gasteiger partial charge is 0.493 e. The van der Waals surface area contributed by atoms with E-state index < -0.39 is 21.8 Å². The minimum atomic E-state index is -4.15. The van der Waals surface area contributed by atoms with Crippen LogP contribution in [0.25, 0.3) is 0 Å². The Morgan fingerprint density at radius 3 is 2.03 bits per heavy atom. The molecule has 0 heterocycles. The van der Waals surface area contributed by atoms with Gasteiger partial charge in [0.05, 0.1) is 31.9 Å². The van der Waals surface area contributed by atoms with Crippen LogP contribution in [-0.2, 0) is 10.0 Å². The van der Waals surface area contributed by atoms with Crippen molar-refractivity contribution in [3.63, 3.8) is 0 Å². The third kappa shape index (κ3) is 5.93. The minimum absolute atomic E-state index is 0.0574. The van der Waals surface area contributed by atoms with Gasteiger partial charge >= 0.3 is 0 Å². The summed E-state index contributed by atoms with van der Waals surface area (Å²) < 4.78 is 43.8. The molecule has 0 aliphatic heterocycles. The molecule has 0 bridgehead atoms. The lowest BCUT2D eigenvalue weighted by atomic mass is 10.1. The molecule has 0 radical (unpaired) electrons. The summed E-state index contributed by atoms with van der Waals surface area (Å²) in [5, 5.41) is 0.328. The molecule has 13 heteroatoms. The normalized spacial score (nSPS) is 10.8. The van der Waals surface area contributed by atoms with Crippen molar-refractivity contribution in [2.75, 3.05) is 26.1 Å². The fourth-order valence-electron chi connectivity index (χ4n) is 3.11. The molecular formula is C23H21Cl2N3O7S. The second-order valence-electron chi connectivity index (χ2n) is 7.05. The van der Waals surface area contributed by atoms with Gasteiger partial charge in [0.25, 0.3) is 21.8 Å². The number of nitrogens with one attached hydrogen (secondary N) is 3. The van der Waals surface area contributed by atoms with Crippen molar-refractivity contribution in [1.29, 1.82) is 0 Å². The first-order valence-electron chi connectivity index (χ1n) is 10.1. The Kier molecular flexibility index (Phi) is 8.51. The lowest BCUT2D eigenvalue weighted by molar-refractivity contribution is 0.0844. The summed E-state index contributed by atoms with van der Waals surface area (Å²) in [6, 6.07) is 12.6. The fraction of sp³-hybridized carbons (Fsp3) is 0.130. The fourth-order valence-corrected chi connectivity index (χ4v) is 4.82. The number of methoxy groups -OCH3 is 3. The highest BCUT2D eigenvalue weighted by atomic mass is 35.5. The molecule has 2 amide bonds. The highest BCUT2D eigenvalue weighted by Crippen LogP contribution is 2.39. The molecule has 0 saturated heterocycles. The van der Waals surface area contributed by atoms with Gasteiger partial charge in [-0.1, -0.05) is 23.2 Å². The van der Waals surface area contributed by atoms with Crippen molar-refractivity contribution in [3.8, 4) is 17.2 Å². The van der Waals surface area contributed by atoms with Crippen molar-refractivity contribution in [2.45, 2.75) is 4.90 Å². The van der Waals surface area contributed by atoms with Crippen molar-refractivity contribution < 1.29 is 32.2 Å². The number of anilines is 1. The van der Waals surface area contributed by atoms with E-state index in [1.54, 1.807) is 0 Å². The monoisotopic (exact) mass is 553 g/mol. The van der Waals surface area contributed by atoms with Crippen molar-refractivity contribution in [3.05, 3.63) is 75.8 Å². The molecule has 0 saturated carbocycles. The molecular weight excluding hydrogens is 533 g/mol. The molecule has 0 aliphatic rings. The van der Waals surface area contributed by atoms with E-state index in [1.807, 2.05) is 0 Å². The number of amides is 2. The predicted octanol–water partition coefficient (Wildman–Crippen LogP) is 3.89. The van der Waals surface area contributed by atoms with Gasteiger partial charge in [0.2, 0.25) is 5.75 Å². The summed E-state index contributed by atoms with van der Waals surface area (Å²) in [5.74, 6) is -0.872. The minimum Gasteiger partial charge on any atom is -0.493 e. The highest BCUT2D eigenvalue weighted by Gasteiger charge is 2.23. The summed E-state index contributed by atoms with van der Waals surface area (Å²) in [6.07, 6.45) is 0. The van der Waals surface area contributed by atoms with E-state index in [4.69, 9.17) is 37.4 Å². The van der Waals surface area contributed by atoms with E-state index in [0.29, 0.717) is 10.8 Å². The van der Waals surface area contributed by atoms with E-state index in [9.17, 15) is 18.0 Å². The zero-order valence-corrected chi connectivity index (χ0v) is 21.5. The quantitative estimate of drug-likeness (QED) is 0.360. The highest BCUT2D eigenvalue weighted by molar-refractivity contribution is 7.92. The molecule has 0 atom stereocenters. The predicted molar refractivity (Wildman–Crippen MR) is 135 cm³/mol. The van der Waals surface area contributed by atoms with Crippen LogP contribution in [0.15, 0.2) is 59.5 Å². The molecule has 36 heavy (non-hydrogen) atoms. The van der Waals surface area contributed by atoms with Gasteiger partial charge in [-0.3, -0.25) is 25.2 Å². The lowest BCUT2D eigenvalue weighted by Gasteiger charge is -2.16. The van der Waals surface area contributed by atoms with Gasteiger partial charge in [-0.2, -0.15) is 0 Å². The topological polar surface area (TPSA) is 132 Å². The third-order valence-corrected chi connectivity index (χ3v) is 6.93. The Hall–Kier alpha value is -3.67. The van der Waals surface area contributed by atoms with Gasteiger partial charge < -0.3 is 14.2 Å². The van der Waals surface area contributed by atoms with E-state index in [1.165, 1.54) is 69.9 Å². The van der Waals surface area contributed by atoms with Crippen LogP contribution in [0.4, 0.5) is 5.69 Å². The molecule has 10 nitrogen and oxygen atoms in total. The average Bonchev–Trinajstić information content (AvgIpc) is 2.87. The van der Waals surface area contributed by atoms with E-state index in [2.05, 4.69) is 15.6 Å². The SMILES string of the molecule is COc1ccc(C(=O)NNC(=O)c2ccc(Cl)c(S(=O)(=O)Nc3ccc(Cl)cc3)c2)c(OC)c1OC. The van der Waals surface area contributed by atoms with Crippen LogP contribution in [0.3, 0.4) is 0 Å². The molecule has 0 aromatic heterocycles. The Morgan fingerprint density at radius 2 is 1.42 bits per heavy atom. The van der Waals surface area contributed by atoms with Gasteiger partial charge in [0.1, 0.15) is 4.90 Å².